The highest BCUT2D eigenvalue weighted by molar-refractivity contribution is 9.10. The van der Waals surface area contributed by atoms with E-state index in [0.29, 0.717) is 24.1 Å². The van der Waals surface area contributed by atoms with Crippen LogP contribution in [0, 0.1) is 6.92 Å². The molecule has 0 spiro atoms. The van der Waals surface area contributed by atoms with Crippen LogP contribution in [0.3, 0.4) is 0 Å². The third kappa shape index (κ3) is 4.33. The van der Waals surface area contributed by atoms with E-state index in [4.69, 9.17) is 19.8 Å². The number of amidine groups is 2. The number of aryl methyl sites for hydroxylation is 1. The molecule has 2 aliphatic rings. The van der Waals surface area contributed by atoms with Gasteiger partial charge in [-0.05, 0) is 68.4 Å². The lowest BCUT2D eigenvalue weighted by molar-refractivity contribution is 0.342. The van der Waals surface area contributed by atoms with E-state index in [2.05, 4.69) is 26.1 Å². The van der Waals surface area contributed by atoms with Gasteiger partial charge in [0.25, 0.3) is 0 Å². The lowest BCUT2D eigenvalue weighted by atomic mass is 9.92. The summed E-state index contributed by atoms with van der Waals surface area (Å²) in [6.07, 6.45) is 0. The Kier molecular flexibility index (Phi) is 6.51. The standard InChI is InChI=1S/C33H27BrN6O2/c1-3-42-28-16-10-8-14-25(28)36-31-33-37-32-29(20(2)38-40(32)22-11-5-4-6-12-22)30(23-19-21(34)17-18-27(23)41)39(33)26-15-9-7-13-24(26)35-31/h4-19,30,41H,3H2,1-2H3,(H,35,36)/t30-/m0/s1. The molecule has 0 amide bonds. The molecule has 0 aliphatic carbocycles. The Morgan fingerprint density at radius 1 is 0.929 bits per heavy atom. The van der Waals surface area contributed by atoms with E-state index in [1.165, 1.54) is 0 Å². The number of aliphatic imine (C=N–C) groups is 2. The summed E-state index contributed by atoms with van der Waals surface area (Å²) < 4.78 is 8.64. The summed E-state index contributed by atoms with van der Waals surface area (Å²) in [6, 6.07) is 30.8. The number of aromatic nitrogens is 2. The summed E-state index contributed by atoms with van der Waals surface area (Å²) >= 11 is 3.63. The summed E-state index contributed by atoms with van der Waals surface area (Å²) in [5.41, 5.74) is 5.77. The zero-order valence-electron chi connectivity index (χ0n) is 23.0. The summed E-state index contributed by atoms with van der Waals surface area (Å²) in [4.78, 5) is 12.5. The summed E-state index contributed by atoms with van der Waals surface area (Å²) in [5.74, 6) is 2.75. The van der Waals surface area contributed by atoms with Gasteiger partial charge in [-0.25, -0.2) is 14.7 Å². The van der Waals surface area contributed by atoms with Crippen LogP contribution in [0.5, 0.6) is 11.5 Å². The molecule has 2 aliphatic heterocycles. The molecule has 2 N–H and O–H groups in total. The highest BCUT2D eigenvalue weighted by atomic mass is 79.9. The molecule has 5 aromatic rings. The molecule has 9 heteroatoms. The molecule has 208 valence electrons. The third-order valence-corrected chi connectivity index (χ3v) is 7.86. The van der Waals surface area contributed by atoms with Gasteiger partial charge in [0.2, 0.25) is 0 Å². The van der Waals surface area contributed by atoms with Crippen LogP contribution in [-0.4, -0.2) is 33.2 Å². The Hall–Kier alpha value is -4.89. The number of phenols is 1. The lowest BCUT2D eigenvalue weighted by Gasteiger charge is -2.40. The van der Waals surface area contributed by atoms with Gasteiger partial charge in [-0.15, -0.1) is 0 Å². The molecule has 4 aromatic carbocycles. The number of fused-ring (bicyclic) bond motifs is 4. The van der Waals surface area contributed by atoms with Crippen LogP contribution in [0.25, 0.3) is 5.69 Å². The molecule has 0 unspecified atom stereocenters. The maximum Gasteiger partial charge on any atom is 0.179 e. The van der Waals surface area contributed by atoms with Crippen molar-refractivity contribution in [2.75, 3.05) is 16.8 Å². The van der Waals surface area contributed by atoms with Crippen LogP contribution in [0.1, 0.15) is 29.8 Å². The van der Waals surface area contributed by atoms with Gasteiger partial charge in [0.05, 0.1) is 41.1 Å². The molecule has 1 atom stereocenters. The van der Waals surface area contributed by atoms with Gasteiger partial charge >= 0.3 is 0 Å². The minimum absolute atomic E-state index is 0.179. The normalized spacial score (nSPS) is 15.2. The SMILES string of the molecule is CCOc1ccccc1NC1=Nc2ccccc2N2C1=Nc1c(c(C)nn1-c1ccccc1)[C@@H]2c1cc(Br)ccc1O. The van der Waals surface area contributed by atoms with Gasteiger partial charge in [-0.1, -0.05) is 58.4 Å². The predicted molar refractivity (Wildman–Crippen MR) is 170 cm³/mol. The lowest BCUT2D eigenvalue weighted by Crippen LogP contribution is -2.46. The van der Waals surface area contributed by atoms with E-state index < -0.39 is 6.04 Å². The smallest absolute Gasteiger partial charge is 0.179 e. The molecule has 0 saturated carbocycles. The van der Waals surface area contributed by atoms with Gasteiger partial charge in [0.15, 0.2) is 17.5 Å². The first-order valence-corrected chi connectivity index (χ1v) is 14.5. The zero-order valence-corrected chi connectivity index (χ0v) is 24.6. The third-order valence-electron chi connectivity index (χ3n) is 7.36. The largest absolute Gasteiger partial charge is 0.508 e. The van der Waals surface area contributed by atoms with Crippen molar-refractivity contribution in [3.05, 3.63) is 118 Å². The molecular weight excluding hydrogens is 592 g/mol. The molecule has 42 heavy (non-hydrogen) atoms. The fraction of sp³-hybridized carbons (Fsp3) is 0.121. The molecule has 0 fully saturated rings. The number of benzene rings is 4. The van der Waals surface area contributed by atoms with Crippen LogP contribution in [-0.2, 0) is 0 Å². The van der Waals surface area contributed by atoms with Crippen molar-refractivity contribution in [2.24, 2.45) is 9.98 Å². The second-order valence-electron chi connectivity index (χ2n) is 9.98. The fourth-order valence-electron chi connectivity index (χ4n) is 5.56. The van der Waals surface area contributed by atoms with Gasteiger partial charge in [0.1, 0.15) is 11.5 Å². The van der Waals surface area contributed by atoms with Crippen molar-refractivity contribution in [3.63, 3.8) is 0 Å². The molecule has 0 radical (unpaired) electrons. The van der Waals surface area contributed by atoms with E-state index >= 15 is 0 Å². The van der Waals surface area contributed by atoms with Crippen LogP contribution in [0.4, 0.5) is 22.9 Å². The van der Waals surface area contributed by atoms with Crippen molar-refractivity contribution in [2.45, 2.75) is 19.9 Å². The van der Waals surface area contributed by atoms with E-state index in [1.807, 2.05) is 110 Å². The highest BCUT2D eigenvalue weighted by Gasteiger charge is 2.42. The van der Waals surface area contributed by atoms with Crippen LogP contribution in [0.15, 0.2) is 112 Å². The quantitative estimate of drug-likeness (QED) is 0.209. The Labute approximate surface area is 251 Å². The second-order valence-corrected chi connectivity index (χ2v) is 10.9. The number of halogens is 1. The van der Waals surface area contributed by atoms with Crippen molar-refractivity contribution in [3.8, 4) is 17.2 Å². The molecule has 7 rings (SSSR count). The molecule has 8 nitrogen and oxygen atoms in total. The van der Waals surface area contributed by atoms with Gasteiger partial charge in [-0.2, -0.15) is 5.10 Å². The number of hydrogen-bond donors (Lipinski definition) is 2. The monoisotopic (exact) mass is 618 g/mol. The van der Waals surface area contributed by atoms with Gasteiger partial charge in [-0.3, -0.25) is 0 Å². The van der Waals surface area contributed by atoms with Crippen LogP contribution < -0.4 is 15.0 Å². The molecule has 1 aromatic heterocycles. The number of para-hydroxylation sites is 5. The number of aromatic hydroxyl groups is 1. The van der Waals surface area contributed by atoms with Crippen molar-refractivity contribution in [1.82, 2.24) is 9.78 Å². The maximum atomic E-state index is 11.3. The maximum absolute atomic E-state index is 11.3. The van der Waals surface area contributed by atoms with E-state index in [1.54, 1.807) is 6.07 Å². The number of rotatable bonds is 5. The van der Waals surface area contributed by atoms with E-state index in [9.17, 15) is 5.11 Å². The predicted octanol–water partition coefficient (Wildman–Crippen LogP) is 7.84. The highest BCUT2D eigenvalue weighted by Crippen LogP contribution is 2.50. The van der Waals surface area contributed by atoms with Crippen molar-refractivity contribution < 1.29 is 9.84 Å². The van der Waals surface area contributed by atoms with Crippen molar-refractivity contribution >= 4 is 50.5 Å². The Bertz CT molecular complexity index is 1880. The minimum atomic E-state index is -0.446. The minimum Gasteiger partial charge on any atom is -0.508 e. The van der Waals surface area contributed by atoms with Gasteiger partial charge < -0.3 is 20.1 Å². The van der Waals surface area contributed by atoms with E-state index in [0.717, 1.165) is 49.8 Å². The average Bonchev–Trinajstić information content (AvgIpc) is 3.35. The van der Waals surface area contributed by atoms with Crippen LogP contribution >= 0.6 is 15.9 Å². The van der Waals surface area contributed by atoms with Gasteiger partial charge in [0, 0.05) is 15.6 Å². The van der Waals surface area contributed by atoms with E-state index in [-0.39, 0.29) is 5.75 Å². The number of hydrogen-bond acceptors (Lipinski definition) is 7. The fourth-order valence-corrected chi connectivity index (χ4v) is 5.94. The Balaban J connectivity index is 1.51. The topological polar surface area (TPSA) is 87.3 Å². The Morgan fingerprint density at radius 2 is 1.69 bits per heavy atom. The average molecular weight is 620 g/mol. The summed E-state index contributed by atoms with van der Waals surface area (Å²) in [7, 11) is 0. The second kappa shape index (κ2) is 10.5. The molecule has 0 bridgehead atoms. The number of phenolic OH excluding ortho intramolecular Hbond substituents is 1. The number of nitrogens with zero attached hydrogens (tertiary/aromatic N) is 5. The molecule has 0 saturated heterocycles. The first kappa shape index (κ1) is 26.0. The number of anilines is 2. The molecular formula is C33H27BrN6O2. The number of nitrogens with one attached hydrogen (secondary N) is 1. The zero-order chi connectivity index (χ0) is 28.8. The first-order valence-electron chi connectivity index (χ1n) is 13.7. The first-order chi connectivity index (χ1) is 20.5. The van der Waals surface area contributed by atoms with Crippen molar-refractivity contribution in [1.29, 1.82) is 0 Å². The molecule has 3 heterocycles. The number of ether oxygens (including phenoxy) is 1. The Morgan fingerprint density at radius 3 is 2.52 bits per heavy atom. The van der Waals surface area contributed by atoms with Crippen LogP contribution in [0.2, 0.25) is 0 Å². The summed E-state index contributed by atoms with van der Waals surface area (Å²) in [5, 5.41) is 19.8. The summed E-state index contributed by atoms with van der Waals surface area (Å²) in [6.45, 7) is 4.48.